The normalized spacial score (nSPS) is 13.2. The van der Waals surface area contributed by atoms with Gasteiger partial charge in [0.2, 0.25) is 0 Å². The molecular formula is C12H17BrN2O2. The summed E-state index contributed by atoms with van der Waals surface area (Å²) < 4.78 is 5.88. The lowest BCUT2D eigenvalue weighted by Crippen LogP contribution is -2.21. The van der Waals surface area contributed by atoms with Crippen LogP contribution >= 0.6 is 15.9 Å². The summed E-state index contributed by atoms with van der Waals surface area (Å²) in [6, 6.07) is 3.69. The van der Waals surface area contributed by atoms with Crippen LogP contribution in [-0.2, 0) is 4.74 Å². The number of rotatable bonds is 3. The molecule has 1 heterocycles. The van der Waals surface area contributed by atoms with Gasteiger partial charge in [-0.25, -0.2) is 9.78 Å². The monoisotopic (exact) mass is 300 g/mol. The summed E-state index contributed by atoms with van der Waals surface area (Å²) in [5.41, 5.74) is 5.97. The average Bonchev–Trinajstić information content (AvgIpc) is 2.14. The molecule has 1 aromatic heterocycles. The van der Waals surface area contributed by atoms with E-state index >= 15 is 0 Å². The van der Waals surface area contributed by atoms with Crippen molar-refractivity contribution < 1.29 is 9.53 Å². The number of ether oxygens (including phenoxy) is 1. The Bertz CT molecular complexity index is 384. The summed E-state index contributed by atoms with van der Waals surface area (Å²) in [5, 5.41) is 0. The van der Waals surface area contributed by atoms with Gasteiger partial charge in [-0.05, 0) is 33.8 Å². The van der Waals surface area contributed by atoms with Crippen molar-refractivity contribution in [2.75, 3.05) is 0 Å². The maximum Gasteiger partial charge on any atom is 0.405 e. The Labute approximate surface area is 110 Å². The van der Waals surface area contributed by atoms with Gasteiger partial charge in [-0.15, -0.1) is 0 Å². The molecule has 0 saturated heterocycles. The van der Waals surface area contributed by atoms with Crippen LogP contribution in [-0.4, -0.2) is 11.1 Å². The number of amides is 1. The molecule has 0 aliphatic heterocycles. The van der Waals surface area contributed by atoms with Crippen molar-refractivity contribution in [3.05, 3.63) is 28.5 Å². The van der Waals surface area contributed by atoms with E-state index in [1.54, 1.807) is 6.20 Å². The predicted molar refractivity (Wildman–Crippen MR) is 69.4 cm³/mol. The van der Waals surface area contributed by atoms with Crippen molar-refractivity contribution in [2.24, 2.45) is 11.1 Å². The third-order valence-corrected chi connectivity index (χ3v) is 2.65. The highest BCUT2D eigenvalue weighted by molar-refractivity contribution is 9.10. The third kappa shape index (κ3) is 5.17. The summed E-state index contributed by atoms with van der Waals surface area (Å²) in [5.74, 6) is 0. The van der Waals surface area contributed by atoms with Crippen molar-refractivity contribution >= 4 is 22.0 Å². The summed E-state index contributed by atoms with van der Waals surface area (Å²) in [6.07, 6.45) is 1.26. The van der Waals surface area contributed by atoms with Crippen LogP contribution in [0.15, 0.2) is 22.9 Å². The highest BCUT2D eigenvalue weighted by atomic mass is 79.9. The van der Waals surface area contributed by atoms with Crippen molar-refractivity contribution in [1.29, 1.82) is 0 Å². The van der Waals surface area contributed by atoms with Crippen molar-refractivity contribution in [2.45, 2.75) is 33.3 Å². The highest BCUT2D eigenvalue weighted by Gasteiger charge is 2.23. The summed E-state index contributed by atoms with van der Waals surface area (Å²) in [6.45, 7) is 6.24. The maximum absolute atomic E-state index is 10.9. The number of hydrogen-bond acceptors (Lipinski definition) is 3. The molecule has 0 bridgehead atoms. The lowest BCUT2D eigenvalue weighted by Gasteiger charge is -2.25. The molecule has 0 aliphatic rings. The largest absolute Gasteiger partial charge is 0.441 e. The standard InChI is InChI=1S/C12H17BrN2O2/c1-12(2,3)6-9(17-11(14)16)8-4-5-10(13)15-7-8/h4-5,7,9H,6H2,1-3H3,(H2,14,16)/t9-/m0/s1. The minimum Gasteiger partial charge on any atom is -0.441 e. The lowest BCUT2D eigenvalue weighted by molar-refractivity contribution is 0.0787. The second-order valence-corrected chi connectivity index (χ2v) is 5.92. The quantitative estimate of drug-likeness (QED) is 0.870. The zero-order valence-corrected chi connectivity index (χ0v) is 11.8. The number of carbonyl (C=O) groups excluding carboxylic acids is 1. The van der Waals surface area contributed by atoms with E-state index in [0.717, 1.165) is 10.2 Å². The SMILES string of the molecule is CC(C)(C)C[C@H](OC(N)=O)c1ccc(Br)nc1. The van der Waals surface area contributed by atoms with Gasteiger partial charge >= 0.3 is 6.09 Å². The van der Waals surface area contributed by atoms with E-state index in [4.69, 9.17) is 10.5 Å². The Balaban J connectivity index is 2.89. The van der Waals surface area contributed by atoms with Gasteiger partial charge in [-0.2, -0.15) is 0 Å². The summed E-state index contributed by atoms with van der Waals surface area (Å²) >= 11 is 3.26. The first-order valence-electron chi connectivity index (χ1n) is 5.35. The minimum absolute atomic E-state index is 0.0349. The van der Waals surface area contributed by atoms with Gasteiger partial charge in [0.25, 0.3) is 0 Å². The highest BCUT2D eigenvalue weighted by Crippen LogP contribution is 2.32. The molecular weight excluding hydrogens is 284 g/mol. The van der Waals surface area contributed by atoms with Gasteiger partial charge in [-0.1, -0.05) is 26.8 Å². The predicted octanol–water partition coefficient (Wildman–Crippen LogP) is 3.42. The first-order chi connectivity index (χ1) is 7.78. The van der Waals surface area contributed by atoms with Crippen LogP contribution in [0.5, 0.6) is 0 Å². The summed E-state index contributed by atoms with van der Waals surface area (Å²) in [7, 11) is 0. The molecule has 0 unspecified atom stereocenters. The molecule has 0 spiro atoms. The van der Waals surface area contributed by atoms with Crippen LogP contribution < -0.4 is 5.73 Å². The molecule has 0 saturated carbocycles. The van der Waals surface area contributed by atoms with Crippen LogP contribution in [0.1, 0.15) is 38.9 Å². The number of aromatic nitrogens is 1. The van der Waals surface area contributed by atoms with Crippen molar-refractivity contribution in [3.63, 3.8) is 0 Å². The van der Waals surface area contributed by atoms with E-state index in [-0.39, 0.29) is 11.5 Å². The number of halogens is 1. The zero-order valence-electron chi connectivity index (χ0n) is 10.2. The van der Waals surface area contributed by atoms with Crippen LogP contribution in [0.3, 0.4) is 0 Å². The van der Waals surface area contributed by atoms with E-state index in [1.165, 1.54) is 0 Å². The first kappa shape index (κ1) is 14.0. The topological polar surface area (TPSA) is 65.2 Å². The molecule has 1 amide bonds. The Hall–Kier alpha value is -1.10. The van der Waals surface area contributed by atoms with Crippen LogP contribution in [0.4, 0.5) is 4.79 Å². The molecule has 0 radical (unpaired) electrons. The van der Waals surface area contributed by atoms with Gasteiger partial charge in [0.1, 0.15) is 10.7 Å². The minimum atomic E-state index is -0.762. The fraction of sp³-hybridized carbons (Fsp3) is 0.500. The van der Waals surface area contributed by atoms with Gasteiger partial charge in [0, 0.05) is 11.8 Å². The molecule has 94 valence electrons. The number of nitrogens with zero attached hydrogens (tertiary/aromatic N) is 1. The van der Waals surface area contributed by atoms with Crippen molar-refractivity contribution in [3.8, 4) is 0 Å². The van der Waals surface area contributed by atoms with Gasteiger partial charge in [0.05, 0.1) is 0 Å². The second-order valence-electron chi connectivity index (χ2n) is 5.10. The van der Waals surface area contributed by atoms with Crippen molar-refractivity contribution in [1.82, 2.24) is 4.98 Å². The molecule has 1 atom stereocenters. The number of pyridine rings is 1. The van der Waals surface area contributed by atoms with Gasteiger partial charge in [0.15, 0.2) is 0 Å². The zero-order chi connectivity index (χ0) is 13.1. The Morgan fingerprint density at radius 2 is 2.18 bits per heavy atom. The van der Waals surface area contributed by atoms with Crippen LogP contribution in [0.25, 0.3) is 0 Å². The third-order valence-electron chi connectivity index (χ3n) is 2.18. The van der Waals surface area contributed by atoms with E-state index < -0.39 is 6.09 Å². The van der Waals surface area contributed by atoms with E-state index in [1.807, 2.05) is 12.1 Å². The first-order valence-corrected chi connectivity index (χ1v) is 6.15. The number of nitrogens with two attached hydrogens (primary N) is 1. The second kappa shape index (κ2) is 5.49. The molecule has 2 N–H and O–H groups in total. The molecule has 0 fully saturated rings. The van der Waals surface area contributed by atoms with E-state index in [9.17, 15) is 4.79 Å². The Morgan fingerprint density at radius 3 is 2.59 bits per heavy atom. The number of hydrogen-bond donors (Lipinski definition) is 1. The molecule has 0 aromatic carbocycles. The fourth-order valence-electron chi connectivity index (χ4n) is 1.50. The maximum atomic E-state index is 10.9. The molecule has 4 nitrogen and oxygen atoms in total. The molecule has 0 aliphatic carbocycles. The molecule has 17 heavy (non-hydrogen) atoms. The Kier molecular flexibility index (Phi) is 4.51. The molecule has 1 rings (SSSR count). The van der Waals surface area contributed by atoms with E-state index in [2.05, 4.69) is 41.7 Å². The molecule has 5 heteroatoms. The summed E-state index contributed by atoms with van der Waals surface area (Å²) in [4.78, 5) is 15.0. The Morgan fingerprint density at radius 1 is 1.53 bits per heavy atom. The average molecular weight is 301 g/mol. The van der Waals surface area contributed by atoms with E-state index in [0.29, 0.717) is 6.42 Å². The smallest absolute Gasteiger partial charge is 0.405 e. The fourth-order valence-corrected chi connectivity index (χ4v) is 1.74. The number of carbonyl (C=O) groups is 1. The van der Waals surface area contributed by atoms with Crippen LogP contribution in [0.2, 0.25) is 0 Å². The van der Waals surface area contributed by atoms with Gasteiger partial charge in [-0.3, -0.25) is 0 Å². The molecule has 1 aromatic rings. The lowest BCUT2D eigenvalue weighted by atomic mass is 9.87. The van der Waals surface area contributed by atoms with Gasteiger partial charge < -0.3 is 10.5 Å². The number of primary amides is 1. The van der Waals surface area contributed by atoms with Crippen LogP contribution in [0, 0.1) is 5.41 Å².